The van der Waals surface area contributed by atoms with Gasteiger partial charge in [-0.2, -0.15) is 0 Å². The van der Waals surface area contributed by atoms with E-state index in [1.165, 1.54) is 16.2 Å². The SMILES string of the molecule is Cn1ccn(CCOc2cccc(N)c2)c(=O)c1=O. The summed E-state index contributed by atoms with van der Waals surface area (Å²) in [6.07, 6.45) is 3.11. The van der Waals surface area contributed by atoms with Gasteiger partial charge in [0.05, 0.1) is 6.54 Å². The molecule has 0 saturated heterocycles. The lowest BCUT2D eigenvalue weighted by molar-refractivity contribution is 0.295. The average molecular weight is 261 g/mol. The molecule has 19 heavy (non-hydrogen) atoms. The molecule has 2 aromatic rings. The lowest BCUT2D eigenvalue weighted by Crippen LogP contribution is -2.40. The lowest BCUT2D eigenvalue weighted by Gasteiger charge is -2.08. The first kappa shape index (κ1) is 12.9. The molecule has 100 valence electrons. The van der Waals surface area contributed by atoms with Gasteiger partial charge in [0, 0.05) is 31.2 Å². The average Bonchev–Trinajstić information content (AvgIpc) is 2.39. The Balaban J connectivity index is 2.02. The van der Waals surface area contributed by atoms with Crippen LogP contribution in [0.1, 0.15) is 0 Å². The number of ether oxygens (including phenoxy) is 1. The van der Waals surface area contributed by atoms with Crippen molar-refractivity contribution in [3.63, 3.8) is 0 Å². The molecular formula is C13H15N3O3. The molecular weight excluding hydrogens is 246 g/mol. The zero-order valence-corrected chi connectivity index (χ0v) is 10.6. The smallest absolute Gasteiger partial charge is 0.316 e. The summed E-state index contributed by atoms with van der Waals surface area (Å²) in [5.41, 5.74) is 5.13. The van der Waals surface area contributed by atoms with E-state index >= 15 is 0 Å². The fraction of sp³-hybridized carbons (Fsp3) is 0.231. The second kappa shape index (κ2) is 5.43. The highest BCUT2D eigenvalue weighted by atomic mass is 16.5. The molecule has 1 aromatic carbocycles. The highest BCUT2D eigenvalue weighted by molar-refractivity contribution is 5.43. The highest BCUT2D eigenvalue weighted by Crippen LogP contribution is 2.14. The first-order valence-electron chi connectivity index (χ1n) is 5.82. The van der Waals surface area contributed by atoms with Crippen LogP contribution in [0.25, 0.3) is 0 Å². The van der Waals surface area contributed by atoms with E-state index in [0.29, 0.717) is 18.0 Å². The molecule has 0 amide bonds. The third kappa shape index (κ3) is 3.04. The third-order valence-corrected chi connectivity index (χ3v) is 2.69. The Kier molecular flexibility index (Phi) is 3.70. The number of aryl methyl sites for hydroxylation is 1. The van der Waals surface area contributed by atoms with Gasteiger partial charge in [-0.15, -0.1) is 0 Å². The van der Waals surface area contributed by atoms with Gasteiger partial charge >= 0.3 is 11.1 Å². The minimum absolute atomic E-state index is 0.288. The van der Waals surface area contributed by atoms with Crippen molar-refractivity contribution in [1.82, 2.24) is 9.13 Å². The second-order valence-corrected chi connectivity index (χ2v) is 4.13. The third-order valence-electron chi connectivity index (χ3n) is 2.69. The Morgan fingerprint density at radius 3 is 2.74 bits per heavy atom. The molecule has 0 unspecified atom stereocenters. The van der Waals surface area contributed by atoms with E-state index in [-0.39, 0.29) is 6.61 Å². The van der Waals surface area contributed by atoms with Gasteiger partial charge in [-0.05, 0) is 12.1 Å². The van der Waals surface area contributed by atoms with Gasteiger partial charge in [0.15, 0.2) is 0 Å². The topological polar surface area (TPSA) is 79.2 Å². The summed E-state index contributed by atoms with van der Waals surface area (Å²) in [6.45, 7) is 0.597. The molecule has 2 N–H and O–H groups in total. The van der Waals surface area contributed by atoms with Crippen molar-refractivity contribution < 1.29 is 4.74 Å². The normalized spacial score (nSPS) is 10.4. The molecule has 6 heteroatoms. The summed E-state index contributed by atoms with van der Waals surface area (Å²) >= 11 is 0. The summed E-state index contributed by atoms with van der Waals surface area (Å²) in [5.74, 6) is 0.636. The van der Waals surface area contributed by atoms with Crippen LogP contribution in [-0.2, 0) is 13.6 Å². The predicted molar refractivity (Wildman–Crippen MR) is 72.3 cm³/mol. The summed E-state index contributed by atoms with van der Waals surface area (Å²) in [4.78, 5) is 23.1. The second-order valence-electron chi connectivity index (χ2n) is 4.13. The molecule has 1 aromatic heterocycles. The standard InChI is InChI=1S/C13H15N3O3/c1-15-5-6-16(13(18)12(15)17)7-8-19-11-4-2-3-10(14)9-11/h2-6,9H,7-8,14H2,1H3. The van der Waals surface area contributed by atoms with Crippen LogP contribution in [0.15, 0.2) is 46.2 Å². The van der Waals surface area contributed by atoms with E-state index in [9.17, 15) is 9.59 Å². The Labute approximate surface area is 109 Å². The van der Waals surface area contributed by atoms with Crippen LogP contribution in [0.2, 0.25) is 0 Å². The summed E-state index contributed by atoms with van der Waals surface area (Å²) < 4.78 is 8.04. The number of aromatic nitrogens is 2. The number of rotatable bonds is 4. The molecule has 2 rings (SSSR count). The van der Waals surface area contributed by atoms with Crippen molar-refractivity contribution in [2.75, 3.05) is 12.3 Å². The Hall–Kier alpha value is -2.50. The maximum atomic E-state index is 11.6. The summed E-state index contributed by atoms with van der Waals surface area (Å²) in [5, 5.41) is 0. The van der Waals surface area contributed by atoms with Gasteiger partial charge in [-0.1, -0.05) is 6.07 Å². The van der Waals surface area contributed by atoms with E-state index in [4.69, 9.17) is 10.5 Å². The van der Waals surface area contributed by atoms with Crippen LogP contribution in [0.4, 0.5) is 5.69 Å². The Morgan fingerprint density at radius 2 is 2.00 bits per heavy atom. The summed E-state index contributed by atoms with van der Waals surface area (Å²) in [7, 11) is 1.54. The number of hydrogen-bond acceptors (Lipinski definition) is 4. The van der Waals surface area contributed by atoms with Crippen molar-refractivity contribution in [3.8, 4) is 5.75 Å². The molecule has 0 aliphatic rings. The number of nitrogens with two attached hydrogens (primary N) is 1. The van der Waals surface area contributed by atoms with Crippen LogP contribution < -0.4 is 21.6 Å². The van der Waals surface area contributed by atoms with Gasteiger partial charge < -0.3 is 19.6 Å². The van der Waals surface area contributed by atoms with E-state index in [0.717, 1.165) is 0 Å². The van der Waals surface area contributed by atoms with Crippen LogP contribution in [-0.4, -0.2) is 15.7 Å². The lowest BCUT2D eigenvalue weighted by atomic mass is 10.3. The van der Waals surface area contributed by atoms with Crippen molar-refractivity contribution >= 4 is 5.69 Å². The molecule has 1 heterocycles. The van der Waals surface area contributed by atoms with E-state index in [2.05, 4.69) is 0 Å². The van der Waals surface area contributed by atoms with Gasteiger partial charge in [0.2, 0.25) is 0 Å². The Morgan fingerprint density at radius 1 is 1.21 bits per heavy atom. The quantitative estimate of drug-likeness (QED) is 0.630. The van der Waals surface area contributed by atoms with Gasteiger partial charge in [-0.25, -0.2) is 0 Å². The summed E-state index contributed by atoms with van der Waals surface area (Å²) in [6, 6.07) is 7.03. The maximum Gasteiger partial charge on any atom is 0.316 e. The molecule has 0 fully saturated rings. The molecule has 0 atom stereocenters. The van der Waals surface area contributed by atoms with Crippen molar-refractivity contribution in [1.29, 1.82) is 0 Å². The number of hydrogen-bond donors (Lipinski definition) is 1. The predicted octanol–water partition coefficient (Wildman–Crippen LogP) is 0.208. The van der Waals surface area contributed by atoms with Gasteiger partial charge in [0.25, 0.3) is 0 Å². The molecule has 0 bridgehead atoms. The zero-order chi connectivity index (χ0) is 13.8. The van der Waals surface area contributed by atoms with Gasteiger partial charge in [-0.3, -0.25) is 9.59 Å². The fourth-order valence-corrected chi connectivity index (χ4v) is 1.63. The van der Waals surface area contributed by atoms with Crippen LogP contribution in [0, 0.1) is 0 Å². The van der Waals surface area contributed by atoms with Crippen LogP contribution >= 0.6 is 0 Å². The first-order valence-corrected chi connectivity index (χ1v) is 5.82. The number of benzene rings is 1. The van der Waals surface area contributed by atoms with Crippen molar-refractivity contribution in [2.24, 2.45) is 7.05 Å². The fourth-order valence-electron chi connectivity index (χ4n) is 1.63. The first-order chi connectivity index (χ1) is 9.08. The van der Waals surface area contributed by atoms with Crippen molar-refractivity contribution in [2.45, 2.75) is 6.54 Å². The van der Waals surface area contributed by atoms with E-state index in [1.54, 1.807) is 36.7 Å². The molecule has 0 saturated carbocycles. The molecule has 0 radical (unpaired) electrons. The largest absolute Gasteiger partial charge is 0.492 e. The van der Waals surface area contributed by atoms with Crippen molar-refractivity contribution in [3.05, 3.63) is 57.4 Å². The number of nitrogens with zero attached hydrogens (tertiary/aromatic N) is 2. The van der Waals surface area contributed by atoms with Crippen LogP contribution in [0.5, 0.6) is 5.75 Å². The monoisotopic (exact) mass is 261 g/mol. The molecule has 6 nitrogen and oxygen atoms in total. The maximum absolute atomic E-state index is 11.6. The highest BCUT2D eigenvalue weighted by Gasteiger charge is 2.02. The zero-order valence-electron chi connectivity index (χ0n) is 10.6. The number of nitrogen functional groups attached to an aromatic ring is 1. The number of anilines is 1. The molecule has 0 aliphatic heterocycles. The Bertz CT molecular complexity index is 688. The minimum atomic E-state index is -0.554. The molecule has 0 spiro atoms. The van der Waals surface area contributed by atoms with Gasteiger partial charge in [0.1, 0.15) is 12.4 Å². The van der Waals surface area contributed by atoms with E-state index in [1.807, 2.05) is 0 Å². The molecule has 0 aliphatic carbocycles. The minimum Gasteiger partial charge on any atom is -0.492 e. The van der Waals surface area contributed by atoms with Crippen LogP contribution in [0.3, 0.4) is 0 Å². The van der Waals surface area contributed by atoms with E-state index < -0.39 is 11.1 Å².